The Morgan fingerprint density at radius 2 is 1.69 bits per heavy atom. The fourth-order valence-corrected chi connectivity index (χ4v) is 6.52. The van der Waals surface area contributed by atoms with E-state index in [1.54, 1.807) is 35.6 Å². The average Bonchev–Trinajstić information content (AvgIpc) is 3.01. The van der Waals surface area contributed by atoms with Crippen LogP contribution in [0.5, 0.6) is 0 Å². The van der Waals surface area contributed by atoms with Crippen molar-refractivity contribution in [3.63, 3.8) is 0 Å². The fraction of sp³-hybridized carbons (Fsp3) is 0.438. The summed E-state index contributed by atoms with van der Waals surface area (Å²) in [4.78, 5) is 46.5. The van der Waals surface area contributed by atoms with Crippen molar-refractivity contribution in [2.45, 2.75) is 76.8 Å². The summed E-state index contributed by atoms with van der Waals surface area (Å²) >= 11 is 12.2. The SMILES string of the molecule is CNC(=O)[C@H]1CC[C@H](n2c(N[C@@H](C)c3ccc(C(F)(F)F)cc3)nc3c(c2=O)C[C@@H](C)N(C(=O)c2ccc(Cl)c(Cl)c2)C3)CC1. The summed E-state index contributed by atoms with van der Waals surface area (Å²) in [5, 5.41) is 6.55. The molecular weight excluding hydrogens is 630 g/mol. The summed E-state index contributed by atoms with van der Waals surface area (Å²) in [6.45, 7) is 3.73. The first-order valence-electron chi connectivity index (χ1n) is 14.8. The first kappa shape index (κ1) is 32.8. The molecule has 1 aliphatic carbocycles. The van der Waals surface area contributed by atoms with Gasteiger partial charge in [-0.3, -0.25) is 19.0 Å². The van der Waals surface area contributed by atoms with Crippen molar-refractivity contribution in [3.05, 3.63) is 90.8 Å². The molecule has 2 aliphatic rings. The lowest BCUT2D eigenvalue weighted by Gasteiger charge is -2.36. The fourth-order valence-electron chi connectivity index (χ4n) is 6.22. The minimum absolute atomic E-state index is 0.0285. The normalized spacial score (nSPS) is 20.7. The minimum Gasteiger partial charge on any atom is -0.359 e. The Kier molecular flexibility index (Phi) is 9.51. The highest BCUT2D eigenvalue weighted by Gasteiger charge is 2.35. The summed E-state index contributed by atoms with van der Waals surface area (Å²) in [6, 6.07) is 8.46. The molecule has 2 heterocycles. The van der Waals surface area contributed by atoms with Gasteiger partial charge in [-0.1, -0.05) is 35.3 Å². The number of amides is 2. The summed E-state index contributed by atoms with van der Waals surface area (Å²) in [5.41, 5.74) is 0.922. The topological polar surface area (TPSA) is 96.3 Å². The van der Waals surface area contributed by atoms with Crippen LogP contribution in [0, 0.1) is 5.92 Å². The Bertz CT molecular complexity index is 1650. The maximum atomic E-state index is 14.2. The molecule has 2 aromatic carbocycles. The Labute approximate surface area is 268 Å². The lowest BCUT2D eigenvalue weighted by atomic mass is 9.85. The first-order valence-corrected chi connectivity index (χ1v) is 15.6. The van der Waals surface area contributed by atoms with E-state index in [4.69, 9.17) is 28.2 Å². The molecule has 1 aromatic heterocycles. The number of fused-ring (bicyclic) bond motifs is 1. The number of carbonyl (C=O) groups is 2. The van der Waals surface area contributed by atoms with Crippen LogP contribution in [0.15, 0.2) is 47.3 Å². The third-order valence-corrected chi connectivity index (χ3v) is 9.58. The van der Waals surface area contributed by atoms with E-state index in [-0.39, 0.29) is 59.3 Å². The lowest BCUT2D eigenvalue weighted by molar-refractivity contribution is -0.137. The molecule has 0 spiro atoms. The van der Waals surface area contributed by atoms with E-state index in [1.807, 2.05) is 6.92 Å². The van der Waals surface area contributed by atoms with E-state index < -0.39 is 17.8 Å². The highest BCUT2D eigenvalue weighted by molar-refractivity contribution is 6.42. The molecule has 45 heavy (non-hydrogen) atoms. The van der Waals surface area contributed by atoms with Gasteiger partial charge < -0.3 is 15.5 Å². The van der Waals surface area contributed by atoms with Crippen molar-refractivity contribution in [1.82, 2.24) is 19.8 Å². The van der Waals surface area contributed by atoms with Gasteiger partial charge in [0.05, 0.1) is 33.9 Å². The van der Waals surface area contributed by atoms with E-state index in [9.17, 15) is 27.6 Å². The third-order valence-electron chi connectivity index (χ3n) is 8.84. The molecule has 240 valence electrons. The second-order valence-corrected chi connectivity index (χ2v) is 12.6. The van der Waals surface area contributed by atoms with Gasteiger partial charge in [-0.15, -0.1) is 0 Å². The Morgan fingerprint density at radius 3 is 2.29 bits per heavy atom. The smallest absolute Gasteiger partial charge is 0.359 e. The lowest BCUT2D eigenvalue weighted by Crippen LogP contribution is -2.46. The molecule has 2 N–H and O–H groups in total. The molecule has 0 saturated heterocycles. The van der Waals surface area contributed by atoms with Crippen LogP contribution in [0.1, 0.15) is 84.4 Å². The monoisotopic (exact) mass is 663 g/mol. The van der Waals surface area contributed by atoms with Gasteiger partial charge in [0, 0.05) is 36.2 Å². The molecule has 3 aromatic rings. The predicted octanol–water partition coefficient (Wildman–Crippen LogP) is 6.81. The van der Waals surface area contributed by atoms with Crippen molar-refractivity contribution >= 4 is 41.0 Å². The van der Waals surface area contributed by atoms with Gasteiger partial charge in [0.1, 0.15) is 0 Å². The standard InChI is InChI=1S/C32H34Cl2F3N5O3/c1-17-14-24-27(16-41(17)29(44)21-8-13-25(33)26(34)15-21)40-31(39-18(2)19-4-9-22(10-5-19)32(35,36)37)42(30(24)45)23-11-6-20(7-12-23)28(43)38-3/h4-5,8-10,13,15,17-18,20,23H,6-7,11-12,14,16H2,1-3H3,(H,38,43)(H,39,40)/t17-,18+,20-,23-/m1/s1. The van der Waals surface area contributed by atoms with Gasteiger partial charge in [0.15, 0.2) is 0 Å². The average molecular weight is 665 g/mol. The number of benzene rings is 2. The number of hydrogen-bond donors (Lipinski definition) is 2. The number of carbonyl (C=O) groups excluding carboxylic acids is 2. The first-order chi connectivity index (χ1) is 21.3. The van der Waals surface area contributed by atoms with Crippen molar-refractivity contribution in [2.75, 3.05) is 12.4 Å². The number of alkyl halides is 3. The van der Waals surface area contributed by atoms with Crippen molar-refractivity contribution < 1.29 is 22.8 Å². The number of halogens is 5. The second kappa shape index (κ2) is 13.0. The molecule has 2 atom stereocenters. The van der Waals surface area contributed by atoms with E-state index in [0.717, 1.165) is 12.1 Å². The molecule has 1 saturated carbocycles. The number of anilines is 1. The summed E-state index contributed by atoms with van der Waals surface area (Å²) in [5.74, 6) is -0.181. The van der Waals surface area contributed by atoms with Gasteiger partial charge in [0.25, 0.3) is 11.5 Å². The molecule has 0 radical (unpaired) electrons. The van der Waals surface area contributed by atoms with Crippen LogP contribution in [0.2, 0.25) is 10.0 Å². The van der Waals surface area contributed by atoms with Gasteiger partial charge >= 0.3 is 6.18 Å². The van der Waals surface area contributed by atoms with Crippen molar-refractivity contribution in [3.8, 4) is 0 Å². The zero-order valence-electron chi connectivity index (χ0n) is 25.0. The van der Waals surface area contributed by atoms with E-state index in [0.29, 0.717) is 53.1 Å². The zero-order chi connectivity index (χ0) is 32.6. The Balaban J connectivity index is 1.50. The van der Waals surface area contributed by atoms with E-state index >= 15 is 0 Å². The molecule has 1 fully saturated rings. The second-order valence-electron chi connectivity index (χ2n) is 11.8. The molecule has 2 amide bonds. The minimum atomic E-state index is -4.46. The Hall–Kier alpha value is -3.57. The molecule has 0 bridgehead atoms. The number of rotatable bonds is 6. The highest BCUT2D eigenvalue weighted by Crippen LogP contribution is 2.36. The quantitative estimate of drug-likeness (QED) is 0.302. The van der Waals surface area contributed by atoms with Crippen LogP contribution in [0.3, 0.4) is 0 Å². The van der Waals surface area contributed by atoms with Gasteiger partial charge in [-0.25, -0.2) is 4.98 Å². The third kappa shape index (κ3) is 6.84. The van der Waals surface area contributed by atoms with Crippen LogP contribution in [0.25, 0.3) is 0 Å². The Morgan fingerprint density at radius 1 is 1.02 bits per heavy atom. The molecule has 5 rings (SSSR count). The number of hydrogen-bond acceptors (Lipinski definition) is 5. The van der Waals surface area contributed by atoms with Crippen LogP contribution in [-0.4, -0.2) is 39.4 Å². The summed E-state index contributed by atoms with van der Waals surface area (Å²) < 4.78 is 41.1. The van der Waals surface area contributed by atoms with Gasteiger partial charge in [0.2, 0.25) is 11.9 Å². The van der Waals surface area contributed by atoms with Gasteiger partial charge in [-0.05, 0) is 81.8 Å². The van der Waals surface area contributed by atoms with Gasteiger partial charge in [-0.2, -0.15) is 13.2 Å². The molecule has 0 unspecified atom stereocenters. The van der Waals surface area contributed by atoms with Crippen LogP contribution >= 0.6 is 23.2 Å². The predicted molar refractivity (Wildman–Crippen MR) is 167 cm³/mol. The van der Waals surface area contributed by atoms with Crippen molar-refractivity contribution in [2.24, 2.45) is 5.92 Å². The summed E-state index contributed by atoms with van der Waals surface area (Å²) in [7, 11) is 1.60. The van der Waals surface area contributed by atoms with Crippen molar-refractivity contribution in [1.29, 1.82) is 0 Å². The van der Waals surface area contributed by atoms with E-state index in [1.165, 1.54) is 18.2 Å². The summed E-state index contributed by atoms with van der Waals surface area (Å²) in [6.07, 6.45) is -1.80. The molecule has 8 nitrogen and oxygen atoms in total. The molecular formula is C32H34Cl2F3N5O3. The van der Waals surface area contributed by atoms with Crippen LogP contribution in [-0.2, 0) is 23.9 Å². The molecule has 1 aliphatic heterocycles. The van der Waals surface area contributed by atoms with Crippen LogP contribution in [0.4, 0.5) is 19.1 Å². The highest BCUT2D eigenvalue weighted by atomic mass is 35.5. The largest absolute Gasteiger partial charge is 0.416 e. The maximum Gasteiger partial charge on any atom is 0.416 e. The number of nitrogens with zero attached hydrogens (tertiary/aromatic N) is 3. The number of nitrogens with one attached hydrogen (secondary N) is 2. The zero-order valence-corrected chi connectivity index (χ0v) is 26.6. The number of aromatic nitrogens is 2. The van der Waals surface area contributed by atoms with Crippen LogP contribution < -0.4 is 16.2 Å². The molecule has 13 heteroatoms. The van der Waals surface area contributed by atoms with E-state index in [2.05, 4.69) is 10.6 Å². The maximum absolute atomic E-state index is 14.2.